The van der Waals surface area contributed by atoms with Gasteiger partial charge in [0.1, 0.15) is 0 Å². The van der Waals surface area contributed by atoms with Gasteiger partial charge in [-0.25, -0.2) is 17.9 Å². The minimum absolute atomic E-state index is 0.170. The third kappa shape index (κ3) is 8.15. The fraction of sp³-hybridized carbons (Fsp3) is 0.391. The second kappa shape index (κ2) is 11.6. The van der Waals surface area contributed by atoms with Crippen molar-refractivity contribution < 1.29 is 22.7 Å². The Morgan fingerprint density at radius 1 is 1.00 bits per heavy atom. The van der Waals surface area contributed by atoms with Crippen molar-refractivity contribution in [2.45, 2.75) is 57.4 Å². The molecule has 2 N–H and O–H groups in total. The average Bonchev–Trinajstić information content (AvgIpc) is 2.72. The van der Waals surface area contributed by atoms with E-state index < -0.39 is 10.0 Å². The van der Waals surface area contributed by atoms with Crippen molar-refractivity contribution in [3.8, 4) is 0 Å². The number of sulfonamides is 1. The van der Waals surface area contributed by atoms with Crippen LogP contribution < -0.4 is 10.0 Å². The van der Waals surface area contributed by atoms with Crippen LogP contribution >= 0.6 is 0 Å². The number of carbonyl (C=O) groups is 2. The van der Waals surface area contributed by atoms with Gasteiger partial charge in [-0.3, -0.25) is 4.79 Å². The minimum Gasteiger partial charge on any atom is -0.462 e. The van der Waals surface area contributed by atoms with Gasteiger partial charge < -0.3 is 10.1 Å². The van der Waals surface area contributed by atoms with Gasteiger partial charge >= 0.3 is 5.97 Å². The third-order valence-corrected chi connectivity index (χ3v) is 6.08. The van der Waals surface area contributed by atoms with E-state index in [1.807, 2.05) is 6.92 Å². The van der Waals surface area contributed by atoms with Crippen LogP contribution in [0.4, 0.5) is 5.69 Å². The maximum absolute atomic E-state index is 12.2. The Kier molecular flexibility index (Phi) is 9.21. The molecule has 0 radical (unpaired) electrons. The lowest BCUT2D eigenvalue weighted by molar-refractivity contribution is -0.116. The molecule has 0 aliphatic rings. The summed E-state index contributed by atoms with van der Waals surface area (Å²) in [5.41, 5.74) is 1.90. The number of ether oxygens (including phenoxy) is 1. The highest BCUT2D eigenvalue weighted by atomic mass is 32.2. The zero-order valence-electron chi connectivity index (χ0n) is 18.2. The molecular formula is C23H30N2O5S. The normalized spacial score (nSPS) is 11.4. The predicted octanol–water partition coefficient (Wildman–Crippen LogP) is 3.90. The van der Waals surface area contributed by atoms with E-state index in [-0.39, 0.29) is 29.2 Å². The smallest absolute Gasteiger partial charge is 0.338 e. The SMILES string of the molecule is CCCCOC(=O)c1ccc(NC(=O)CCc2ccc(S(=O)(=O)NC(C)C)cc2)cc1. The quantitative estimate of drug-likeness (QED) is 0.403. The molecular weight excluding hydrogens is 416 g/mol. The van der Waals surface area contributed by atoms with Crippen molar-refractivity contribution >= 4 is 27.6 Å². The van der Waals surface area contributed by atoms with Gasteiger partial charge in [0, 0.05) is 18.2 Å². The largest absolute Gasteiger partial charge is 0.462 e. The molecule has 0 heterocycles. The summed E-state index contributed by atoms with van der Waals surface area (Å²) in [6.45, 7) is 5.94. The first-order chi connectivity index (χ1) is 14.7. The summed E-state index contributed by atoms with van der Waals surface area (Å²) in [6, 6.07) is 12.9. The topological polar surface area (TPSA) is 102 Å². The zero-order valence-corrected chi connectivity index (χ0v) is 19.0. The number of hydrogen-bond donors (Lipinski definition) is 2. The van der Waals surface area contributed by atoms with Gasteiger partial charge in [-0.05, 0) is 68.7 Å². The molecule has 0 aliphatic heterocycles. The van der Waals surface area contributed by atoms with Crippen LogP contribution in [-0.4, -0.2) is 32.9 Å². The second-order valence-corrected chi connectivity index (χ2v) is 9.25. The Bertz CT molecular complexity index is 968. The van der Waals surface area contributed by atoms with E-state index in [4.69, 9.17) is 4.74 Å². The molecule has 0 bridgehead atoms. The molecule has 0 saturated heterocycles. The molecule has 2 aromatic rings. The number of esters is 1. The molecule has 0 saturated carbocycles. The maximum Gasteiger partial charge on any atom is 0.338 e. The van der Waals surface area contributed by atoms with E-state index in [2.05, 4.69) is 10.0 Å². The Hall–Kier alpha value is -2.71. The van der Waals surface area contributed by atoms with Gasteiger partial charge in [0.2, 0.25) is 15.9 Å². The summed E-state index contributed by atoms with van der Waals surface area (Å²) in [7, 11) is -3.53. The summed E-state index contributed by atoms with van der Waals surface area (Å²) in [5, 5.41) is 2.79. The Labute approximate surface area is 184 Å². The number of hydrogen-bond acceptors (Lipinski definition) is 5. The lowest BCUT2D eigenvalue weighted by Gasteiger charge is -2.10. The monoisotopic (exact) mass is 446 g/mol. The van der Waals surface area contributed by atoms with E-state index >= 15 is 0 Å². The number of aryl methyl sites for hydroxylation is 1. The van der Waals surface area contributed by atoms with Crippen molar-refractivity contribution in [3.63, 3.8) is 0 Å². The molecule has 0 fully saturated rings. The van der Waals surface area contributed by atoms with Gasteiger partial charge in [0.25, 0.3) is 0 Å². The molecule has 1 amide bonds. The molecule has 7 nitrogen and oxygen atoms in total. The van der Waals surface area contributed by atoms with Gasteiger partial charge in [-0.15, -0.1) is 0 Å². The van der Waals surface area contributed by atoms with E-state index in [1.54, 1.807) is 50.2 Å². The lowest BCUT2D eigenvalue weighted by Crippen LogP contribution is -2.30. The summed E-state index contributed by atoms with van der Waals surface area (Å²) in [4.78, 5) is 24.3. The highest BCUT2D eigenvalue weighted by Gasteiger charge is 2.15. The van der Waals surface area contributed by atoms with Crippen LogP contribution in [-0.2, 0) is 26.0 Å². The first-order valence-electron chi connectivity index (χ1n) is 10.4. The van der Waals surface area contributed by atoms with E-state index in [0.717, 1.165) is 18.4 Å². The molecule has 8 heteroatoms. The lowest BCUT2D eigenvalue weighted by atomic mass is 10.1. The van der Waals surface area contributed by atoms with E-state index in [0.29, 0.717) is 24.3 Å². The molecule has 2 rings (SSSR count). The fourth-order valence-corrected chi connectivity index (χ4v) is 4.03. The van der Waals surface area contributed by atoms with E-state index in [9.17, 15) is 18.0 Å². The summed E-state index contributed by atoms with van der Waals surface area (Å²) >= 11 is 0. The van der Waals surface area contributed by atoms with Crippen LogP contribution in [0, 0.1) is 0 Å². The highest BCUT2D eigenvalue weighted by Crippen LogP contribution is 2.14. The summed E-state index contributed by atoms with van der Waals surface area (Å²) in [5.74, 6) is -0.545. The molecule has 2 aromatic carbocycles. The van der Waals surface area contributed by atoms with Gasteiger partial charge in [-0.1, -0.05) is 25.5 Å². The summed E-state index contributed by atoms with van der Waals surface area (Å²) in [6.07, 6.45) is 2.51. The number of rotatable bonds is 11. The predicted molar refractivity (Wildman–Crippen MR) is 120 cm³/mol. The van der Waals surface area contributed by atoms with Crippen molar-refractivity contribution in [1.82, 2.24) is 4.72 Å². The average molecular weight is 447 g/mol. The fourth-order valence-electron chi connectivity index (χ4n) is 2.78. The standard InChI is InChI=1S/C23H30N2O5S/c1-4-5-16-30-23(27)19-9-11-20(12-10-19)24-22(26)15-8-18-6-13-21(14-7-18)31(28,29)25-17(2)3/h6-7,9-14,17,25H,4-5,8,15-16H2,1-3H3,(H,24,26). The van der Waals surface area contributed by atoms with Gasteiger partial charge in [-0.2, -0.15) is 0 Å². The minimum atomic E-state index is -3.53. The second-order valence-electron chi connectivity index (χ2n) is 7.53. The number of benzene rings is 2. The van der Waals surface area contributed by atoms with Crippen LogP contribution in [0.1, 0.15) is 56.0 Å². The first kappa shape index (κ1) is 24.6. The third-order valence-electron chi connectivity index (χ3n) is 4.40. The van der Waals surface area contributed by atoms with Crippen LogP contribution in [0.3, 0.4) is 0 Å². The van der Waals surface area contributed by atoms with Crippen molar-refractivity contribution in [1.29, 1.82) is 0 Å². The van der Waals surface area contributed by atoms with E-state index in [1.165, 1.54) is 12.1 Å². The Balaban J connectivity index is 1.84. The van der Waals surface area contributed by atoms with Crippen LogP contribution in [0.5, 0.6) is 0 Å². The van der Waals surface area contributed by atoms with Crippen LogP contribution in [0.2, 0.25) is 0 Å². The number of anilines is 1. The van der Waals surface area contributed by atoms with Crippen LogP contribution in [0.15, 0.2) is 53.4 Å². The Morgan fingerprint density at radius 3 is 2.23 bits per heavy atom. The molecule has 0 atom stereocenters. The maximum atomic E-state index is 12.2. The molecule has 0 aromatic heterocycles. The molecule has 31 heavy (non-hydrogen) atoms. The highest BCUT2D eigenvalue weighted by molar-refractivity contribution is 7.89. The number of amides is 1. The number of carbonyl (C=O) groups excluding carboxylic acids is 2. The van der Waals surface area contributed by atoms with Crippen molar-refractivity contribution in [2.75, 3.05) is 11.9 Å². The number of unbranched alkanes of at least 4 members (excludes halogenated alkanes) is 1. The summed E-state index contributed by atoms with van der Waals surface area (Å²) < 4.78 is 32.0. The first-order valence-corrected chi connectivity index (χ1v) is 11.9. The zero-order chi connectivity index (χ0) is 22.9. The van der Waals surface area contributed by atoms with Crippen molar-refractivity contribution in [2.24, 2.45) is 0 Å². The van der Waals surface area contributed by atoms with Crippen molar-refractivity contribution in [3.05, 3.63) is 59.7 Å². The van der Waals surface area contributed by atoms with Gasteiger partial charge in [0.05, 0.1) is 17.1 Å². The molecule has 0 spiro atoms. The van der Waals surface area contributed by atoms with Crippen LogP contribution in [0.25, 0.3) is 0 Å². The van der Waals surface area contributed by atoms with Gasteiger partial charge in [0.15, 0.2) is 0 Å². The Morgan fingerprint density at radius 2 is 1.65 bits per heavy atom. The molecule has 0 aliphatic carbocycles. The molecule has 0 unspecified atom stereocenters. The molecule has 168 valence electrons. The number of nitrogens with one attached hydrogen (secondary N) is 2.